The predicted molar refractivity (Wildman–Crippen MR) is 130 cm³/mol. The topological polar surface area (TPSA) is 96.3 Å². The summed E-state index contributed by atoms with van der Waals surface area (Å²) in [5.74, 6) is -0.663. The highest BCUT2D eigenvalue weighted by Crippen LogP contribution is 2.27. The molecule has 1 saturated carbocycles. The lowest BCUT2D eigenvalue weighted by atomic mass is 9.95. The van der Waals surface area contributed by atoms with Gasteiger partial charge < -0.3 is 15.5 Å². The SMILES string of the molecule is C[C@H](CNC(=O)c1cc2n(n1)C[C@@](C)(C(=O)NC1CCCCCC1)N(C)C2=O)c1ccccc1. The summed E-state index contributed by atoms with van der Waals surface area (Å²) in [5.41, 5.74) is 0.575. The summed E-state index contributed by atoms with van der Waals surface area (Å²) in [5, 5.41) is 10.5. The maximum Gasteiger partial charge on any atom is 0.272 e. The molecule has 182 valence electrons. The van der Waals surface area contributed by atoms with Crippen LogP contribution < -0.4 is 10.6 Å². The van der Waals surface area contributed by atoms with Crippen LogP contribution in [0.15, 0.2) is 36.4 Å². The zero-order valence-corrected chi connectivity index (χ0v) is 20.3. The van der Waals surface area contributed by atoms with Crippen molar-refractivity contribution in [2.75, 3.05) is 13.6 Å². The normalized spacial score (nSPS) is 22.0. The van der Waals surface area contributed by atoms with Crippen LogP contribution in [0, 0.1) is 0 Å². The number of carbonyl (C=O) groups is 3. The molecule has 0 unspecified atom stereocenters. The monoisotopic (exact) mass is 465 g/mol. The fourth-order valence-electron chi connectivity index (χ4n) is 4.84. The van der Waals surface area contributed by atoms with Crippen LogP contribution in [0.4, 0.5) is 0 Å². The molecule has 1 aliphatic heterocycles. The van der Waals surface area contributed by atoms with Crippen LogP contribution in [-0.4, -0.2) is 57.6 Å². The van der Waals surface area contributed by atoms with Crippen molar-refractivity contribution in [3.05, 3.63) is 53.3 Å². The summed E-state index contributed by atoms with van der Waals surface area (Å²) >= 11 is 0. The van der Waals surface area contributed by atoms with Crippen molar-refractivity contribution < 1.29 is 14.4 Å². The van der Waals surface area contributed by atoms with Gasteiger partial charge >= 0.3 is 0 Å². The Morgan fingerprint density at radius 1 is 1.15 bits per heavy atom. The Bertz CT molecular complexity index is 1040. The van der Waals surface area contributed by atoms with Crippen molar-refractivity contribution in [1.82, 2.24) is 25.3 Å². The lowest BCUT2D eigenvalue weighted by Crippen LogP contribution is -2.63. The van der Waals surface area contributed by atoms with Gasteiger partial charge in [-0.1, -0.05) is 62.9 Å². The number of fused-ring (bicyclic) bond motifs is 1. The molecule has 2 N–H and O–H groups in total. The van der Waals surface area contributed by atoms with E-state index in [0.29, 0.717) is 12.2 Å². The molecule has 8 heteroatoms. The van der Waals surface area contributed by atoms with Crippen molar-refractivity contribution in [1.29, 1.82) is 0 Å². The van der Waals surface area contributed by atoms with E-state index < -0.39 is 5.54 Å². The van der Waals surface area contributed by atoms with Crippen LogP contribution in [0.5, 0.6) is 0 Å². The second-order valence-electron chi connectivity index (χ2n) is 9.89. The summed E-state index contributed by atoms with van der Waals surface area (Å²) in [6, 6.07) is 11.6. The third kappa shape index (κ3) is 4.86. The Balaban J connectivity index is 1.44. The Morgan fingerprint density at radius 3 is 2.50 bits per heavy atom. The highest BCUT2D eigenvalue weighted by Gasteiger charge is 2.46. The second-order valence-corrected chi connectivity index (χ2v) is 9.89. The summed E-state index contributed by atoms with van der Waals surface area (Å²) in [7, 11) is 1.65. The van der Waals surface area contributed by atoms with E-state index in [1.165, 1.54) is 28.5 Å². The van der Waals surface area contributed by atoms with Gasteiger partial charge in [0.1, 0.15) is 11.2 Å². The molecule has 2 atom stereocenters. The van der Waals surface area contributed by atoms with E-state index in [0.717, 1.165) is 31.2 Å². The largest absolute Gasteiger partial charge is 0.351 e. The third-order valence-electron chi connectivity index (χ3n) is 7.35. The number of aromatic nitrogens is 2. The molecule has 0 bridgehead atoms. The number of hydrogen-bond acceptors (Lipinski definition) is 4. The summed E-state index contributed by atoms with van der Waals surface area (Å²) in [6.07, 6.45) is 6.57. The van der Waals surface area contributed by atoms with Crippen LogP contribution in [0.1, 0.15) is 84.8 Å². The van der Waals surface area contributed by atoms with Crippen molar-refractivity contribution in [3.8, 4) is 0 Å². The van der Waals surface area contributed by atoms with Gasteiger partial charge in [-0.3, -0.25) is 19.1 Å². The lowest BCUT2D eigenvalue weighted by Gasteiger charge is -2.41. The Hall–Kier alpha value is -3.16. The van der Waals surface area contributed by atoms with Crippen molar-refractivity contribution in [2.45, 2.75) is 76.4 Å². The minimum absolute atomic E-state index is 0.141. The Labute approximate surface area is 201 Å². The maximum atomic E-state index is 13.3. The number of benzene rings is 1. The minimum atomic E-state index is -1.07. The van der Waals surface area contributed by atoms with Crippen LogP contribution in [-0.2, 0) is 11.3 Å². The quantitative estimate of drug-likeness (QED) is 0.641. The van der Waals surface area contributed by atoms with E-state index in [-0.39, 0.29) is 41.9 Å². The average Bonchev–Trinajstić information content (AvgIpc) is 3.09. The zero-order chi connectivity index (χ0) is 24.3. The van der Waals surface area contributed by atoms with Gasteiger partial charge in [-0.2, -0.15) is 5.10 Å². The standard InChI is InChI=1S/C26H35N5O3/c1-18(19-11-7-6-8-12-19)16-27-23(32)21-15-22-24(33)30(3)26(2,17-31(22)29-21)25(34)28-20-13-9-4-5-10-14-20/h6-8,11-12,15,18,20H,4-5,9-10,13-14,16-17H2,1-3H3,(H,27,32)(H,28,34)/t18-,26+/m1/s1. The summed E-state index contributed by atoms with van der Waals surface area (Å²) in [6.45, 7) is 4.48. The van der Waals surface area contributed by atoms with E-state index in [9.17, 15) is 14.4 Å². The average molecular weight is 466 g/mol. The van der Waals surface area contributed by atoms with Crippen LogP contribution in [0.2, 0.25) is 0 Å². The van der Waals surface area contributed by atoms with Crippen molar-refractivity contribution >= 4 is 17.7 Å². The molecular formula is C26H35N5O3. The summed E-state index contributed by atoms with van der Waals surface area (Å²) < 4.78 is 1.50. The zero-order valence-electron chi connectivity index (χ0n) is 20.3. The molecular weight excluding hydrogens is 430 g/mol. The van der Waals surface area contributed by atoms with Crippen molar-refractivity contribution in [2.24, 2.45) is 0 Å². The van der Waals surface area contributed by atoms with E-state index in [4.69, 9.17) is 0 Å². The molecule has 1 aromatic heterocycles. The van der Waals surface area contributed by atoms with Gasteiger partial charge in [0.05, 0.1) is 6.54 Å². The number of likely N-dealkylation sites (N-methyl/N-ethyl adjacent to an activating group) is 1. The smallest absolute Gasteiger partial charge is 0.272 e. The Morgan fingerprint density at radius 2 is 1.82 bits per heavy atom. The number of amides is 3. The van der Waals surface area contributed by atoms with Gasteiger partial charge in [0.2, 0.25) is 5.91 Å². The van der Waals surface area contributed by atoms with E-state index in [1.54, 1.807) is 14.0 Å². The van der Waals surface area contributed by atoms with Crippen LogP contribution >= 0.6 is 0 Å². The summed E-state index contributed by atoms with van der Waals surface area (Å²) in [4.78, 5) is 40.7. The van der Waals surface area contributed by atoms with Gasteiger partial charge in [-0.25, -0.2) is 0 Å². The lowest BCUT2D eigenvalue weighted by molar-refractivity contribution is -0.133. The molecule has 1 fully saturated rings. The molecule has 2 aromatic rings. The highest BCUT2D eigenvalue weighted by atomic mass is 16.2. The number of hydrogen-bond donors (Lipinski definition) is 2. The van der Waals surface area contributed by atoms with Gasteiger partial charge in [0.25, 0.3) is 11.8 Å². The number of carbonyl (C=O) groups excluding carboxylic acids is 3. The molecule has 2 aliphatic rings. The number of nitrogens with one attached hydrogen (secondary N) is 2. The molecule has 0 radical (unpaired) electrons. The predicted octanol–water partition coefficient (Wildman–Crippen LogP) is 3.10. The molecule has 0 spiro atoms. The van der Waals surface area contributed by atoms with Gasteiger partial charge in [-0.05, 0) is 31.2 Å². The van der Waals surface area contributed by atoms with Crippen LogP contribution in [0.3, 0.4) is 0 Å². The van der Waals surface area contributed by atoms with Gasteiger partial charge in [-0.15, -0.1) is 0 Å². The molecule has 0 saturated heterocycles. The molecule has 3 amide bonds. The van der Waals surface area contributed by atoms with Crippen LogP contribution in [0.25, 0.3) is 0 Å². The van der Waals surface area contributed by atoms with Crippen molar-refractivity contribution in [3.63, 3.8) is 0 Å². The Kier molecular flexibility index (Phi) is 7.05. The van der Waals surface area contributed by atoms with E-state index >= 15 is 0 Å². The van der Waals surface area contributed by atoms with E-state index in [2.05, 4.69) is 15.7 Å². The molecule has 4 rings (SSSR count). The molecule has 1 aliphatic carbocycles. The first-order valence-electron chi connectivity index (χ1n) is 12.3. The first kappa shape index (κ1) is 24.0. The fourth-order valence-corrected chi connectivity index (χ4v) is 4.84. The van der Waals surface area contributed by atoms with Gasteiger partial charge in [0, 0.05) is 25.7 Å². The van der Waals surface area contributed by atoms with Gasteiger partial charge in [0.15, 0.2) is 5.69 Å². The van der Waals surface area contributed by atoms with E-state index in [1.807, 2.05) is 37.3 Å². The molecule has 1 aromatic carbocycles. The minimum Gasteiger partial charge on any atom is -0.351 e. The second kappa shape index (κ2) is 9.99. The number of rotatable bonds is 6. The maximum absolute atomic E-state index is 13.3. The molecule has 8 nitrogen and oxygen atoms in total. The molecule has 2 heterocycles. The fraction of sp³-hybridized carbons (Fsp3) is 0.538. The molecule has 34 heavy (non-hydrogen) atoms. The third-order valence-corrected chi connectivity index (χ3v) is 7.35. The first-order valence-corrected chi connectivity index (χ1v) is 12.3. The first-order chi connectivity index (χ1) is 16.3. The highest BCUT2D eigenvalue weighted by molar-refractivity contribution is 6.01. The number of nitrogens with zero attached hydrogens (tertiary/aromatic N) is 3.